The molecule has 0 spiro atoms. The zero-order valence-electron chi connectivity index (χ0n) is 14.3. The lowest BCUT2D eigenvalue weighted by Crippen LogP contribution is -2.43. The number of ketones is 1. The zero-order chi connectivity index (χ0) is 18.5. The van der Waals surface area contributed by atoms with Gasteiger partial charge < -0.3 is 0 Å². The molecule has 3 saturated carbocycles. The highest BCUT2D eigenvalue weighted by Gasteiger charge is 2.58. The van der Waals surface area contributed by atoms with Crippen LogP contribution in [0.25, 0.3) is 0 Å². The molecule has 0 aliphatic heterocycles. The molecule has 0 radical (unpaired) electrons. The summed E-state index contributed by atoms with van der Waals surface area (Å²) in [4.78, 5) is 12.6. The summed E-state index contributed by atoms with van der Waals surface area (Å²) in [7, 11) is -8.40. The topological polar surface area (TPSA) is 60.4 Å². The van der Waals surface area contributed by atoms with Crippen molar-refractivity contribution in [3.8, 4) is 0 Å². The van der Waals surface area contributed by atoms with E-state index in [1.165, 1.54) is 0 Å². The van der Waals surface area contributed by atoms with Crippen molar-refractivity contribution in [1.29, 1.82) is 0 Å². The van der Waals surface area contributed by atoms with Crippen molar-refractivity contribution in [2.45, 2.75) is 74.3 Å². The van der Waals surface area contributed by atoms with Gasteiger partial charge in [-0.05, 0) is 49.7 Å². The number of fused-ring (bicyclic) bond motifs is 2. The Morgan fingerprint density at radius 1 is 1.12 bits per heavy atom. The number of carbonyl (C=O) groups is 1. The minimum Gasteiger partial charge on any atom is -0.298 e. The van der Waals surface area contributed by atoms with E-state index >= 15 is 0 Å². The van der Waals surface area contributed by atoms with Crippen LogP contribution in [0, 0.1) is 11.8 Å². The van der Waals surface area contributed by atoms with Crippen LogP contribution in [0.4, 0.5) is 13.2 Å². The fraction of sp³-hybridized carbons (Fsp3) is 0.938. The van der Waals surface area contributed by atoms with Crippen molar-refractivity contribution in [1.82, 2.24) is 0 Å². The van der Waals surface area contributed by atoms with Gasteiger partial charge in [-0.3, -0.25) is 4.79 Å². The Hall–Kier alpha value is -0.280. The van der Waals surface area contributed by atoms with Gasteiger partial charge in [0.1, 0.15) is 5.78 Å². The molecular weight excluding hydrogens is 377 g/mol. The second-order valence-corrected chi connectivity index (χ2v) is 12.7. The summed E-state index contributed by atoms with van der Waals surface area (Å²) in [5.74, 6) is 0.706. The molecular formula is C16H25F3O4S2. The lowest BCUT2D eigenvalue weighted by atomic mass is 9.99. The van der Waals surface area contributed by atoms with Crippen LogP contribution in [0.5, 0.6) is 0 Å². The summed E-state index contributed by atoms with van der Waals surface area (Å²) < 4.78 is 68.1. The maximum Gasteiger partial charge on any atom is 0.523 e. The van der Waals surface area contributed by atoms with E-state index < -0.39 is 31.2 Å². The highest BCUT2D eigenvalue weighted by Crippen LogP contribution is 2.69. The summed E-state index contributed by atoms with van der Waals surface area (Å²) in [5, 5.41) is -0.881. The van der Waals surface area contributed by atoms with Gasteiger partial charge in [-0.2, -0.15) is 21.6 Å². The molecule has 9 heteroatoms. The molecule has 146 valence electrons. The van der Waals surface area contributed by atoms with Crippen molar-refractivity contribution in [2.24, 2.45) is 11.8 Å². The minimum absolute atomic E-state index is 0.108. The van der Waals surface area contributed by atoms with E-state index in [0.29, 0.717) is 25.2 Å². The smallest absolute Gasteiger partial charge is 0.298 e. The predicted molar refractivity (Wildman–Crippen MR) is 90.7 cm³/mol. The second-order valence-electron chi connectivity index (χ2n) is 7.45. The number of hydrogen-bond acceptors (Lipinski definition) is 4. The summed E-state index contributed by atoms with van der Waals surface area (Å²) in [6, 6.07) is 0. The molecule has 25 heavy (non-hydrogen) atoms. The maximum absolute atomic E-state index is 13.1. The van der Waals surface area contributed by atoms with Gasteiger partial charge in [0.05, 0.1) is 5.25 Å². The summed E-state index contributed by atoms with van der Waals surface area (Å²) >= 11 is 0. The molecule has 0 aromatic heterocycles. The third-order valence-electron chi connectivity index (χ3n) is 6.12. The van der Waals surface area contributed by atoms with Crippen LogP contribution in [0.15, 0.2) is 0 Å². The van der Waals surface area contributed by atoms with Crippen LogP contribution in [0.1, 0.15) is 58.3 Å². The molecule has 5 unspecified atom stereocenters. The van der Waals surface area contributed by atoms with Gasteiger partial charge in [0.2, 0.25) is 0 Å². The lowest BCUT2D eigenvalue weighted by molar-refractivity contribution is -0.119. The van der Waals surface area contributed by atoms with E-state index in [1.807, 2.05) is 0 Å². The third kappa shape index (κ3) is 3.36. The second kappa shape index (κ2) is 6.71. The first-order chi connectivity index (χ1) is 11.6. The molecule has 2 bridgehead atoms. The molecule has 0 aromatic rings. The molecule has 3 rings (SSSR count). The molecule has 0 N–H and O–H groups in total. The van der Waals surface area contributed by atoms with Gasteiger partial charge in [0.15, 0.2) is 0 Å². The lowest BCUT2D eigenvalue weighted by Gasteiger charge is -2.51. The molecule has 0 heterocycles. The largest absolute Gasteiger partial charge is 0.523 e. The van der Waals surface area contributed by atoms with Crippen LogP contribution < -0.4 is 0 Å². The van der Waals surface area contributed by atoms with Gasteiger partial charge in [-0.15, -0.1) is 10.3 Å². The molecule has 3 aliphatic rings. The van der Waals surface area contributed by atoms with Crippen LogP contribution in [-0.2, 0) is 18.5 Å². The van der Waals surface area contributed by atoms with Crippen LogP contribution in [-0.4, -0.2) is 36.0 Å². The average Bonchev–Trinajstić information content (AvgIpc) is 3.15. The van der Waals surface area contributed by atoms with Crippen LogP contribution in [0.3, 0.4) is 0 Å². The Morgan fingerprint density at radius 2 is 1.84 bits per heavy atom. The molecule has 5 atom stereocenters. The Kier molecular flexibility index (Phi) is 5.23. The number of alkyl halides is 3. The van der Waals surface area contributed by atoms with E-state index in [9.17, 15) is 26.4 Å². The van der Waals surface area contributed by atoms with Crippen LogP contribution in [0.2, 0.25) is 0 Å². The van der Waals surface area contributed by atoms with Gasteiger partial charge in [-0.1, -0.05) is 19.8 Å². The molecule has 3 aliphatic carbocycles. The fourth-order valence-electron chi connectivity index (χ4n) is 5.03. The normalized spacial score (nSPS) is 37.0. The summed E-state index contributed by atoms with van der Waals surface area (Å²) in [6.07, 6.45) is 5.80. The Labute approximate surface area is 148 Å². The monoisotopic (exact) mass is 402 g/mol. The highest BCUT2D eigenvalue weighted by molar-refractivity contribution is 8.34. The standard InChI is InChI=1S/C16H25F3O4S2/c1-2-24(14-6-4-3-5-13(14)20,23-25(21,22)16(17,18)19)15-10-11-7-8-12(15)9-11/h11-12,14-15H,2-10H2,1H3. The first kappa shape index (κ1) is 19.5. The quantitative estimate of drug-likeness (QED) is 0.644. The number of rotatable bonds is 5. The van der Waals surface area contributed by atoms with E-state index in [4.69, 9.17) is 3.63 Å². The number of hydrogen-bond donors (Lipinski definition) is 0. The minimum atomic E-state index is -5.71. The number of halogens is 3. The summed E-state index contributed by atoms with van der Waals surface area (Å²) in [6.45, 7) is 1.69. The maximum atomic E-state index is 13.1. The van der Waals surface area contributed by atoms with Gasteiger partial charge in [-0.25, -0.2) is 3.63 Å². The fourth-order valence-corrected chi connectivity index (χ4v) is 11.7. The molecule has 0 amide bonds. The Bertz CT molecular complexity index is 634. The zero-order valence-corrected chi connectivity index (χ0v) is 15.9. The van der Waals surface area contributed by atoms with Crippen molar-refractivity contribution in [2.75, 3.05) is 5.75 Å². The van der Waals surface area contributed by atoms with Crippen molar-refractivity contribution in [3.05, 3.63) is 0 Å². The van der Waals surface area contributed by atoms with E-state index in [2.05, 4.69) is 0 Å². The average molecular weight is 403 g/mol. The summed E-state index contributed by atoms with van der Waals surface area (Å²) in [5.41, 5.74) is -5.45. The van der Waals surface area contributed by atoms with E-state index in [0.717, 1.165) is 32.1 Å². The van der Waals surface area contributed by atoms with E-state index in [-0.39, 0.29) is 22.7 Å². The van der Waals surface area contributed by atoms with Gasteiger partial charge in [0.25, 0.3) is 0 Å². The first-order valence-electron chi connectivity index (χ1n) is 8.94. The van der Waals surface area contributed by atoms with E-state index in [1.54, 1.807) is 6.92 Å². The van der Waals surface area contributed by atoms with Gasteiger partial charge >= 0.3 is 15.6 Å². The third-order valence-corrected chi connectivity index (χ3v) is 12.4. The van der Waals surface area contributed by atoms with Crippen molar-refractivity contribution >= 4 is 26.2 Å². The Morgan fingerprint density at radius 3 is 2.32 bits per heavy atom. The predicted octanol–water partition coefficient (Wildman–Crippen LogP) is 4.29. The van der Waals surface area contributed by atoms with Crippen LogP contribution >= 0.6 is 10.3 Å². The number of Topliss-reactive ketones (excluding diaryl/α,β-unsaturated/α-hetero) is 1. The first-order valence-corrected chi connectivity index (χ1v) is 12.2. The SMILES string of the molecule is CCS(OS(=O)(=O)C(F)(F)F)(C1CCCCC1=O)C1CC2CCC1C2. The highest BCUT2D eigenvalue weighted by atomic mass is 32.3. The van der Waals surface area contributed by atoms with Crippen molar-refractivity contribution in [3.63, 3.8) is 0 Å². The molecule has 0 saturated heterocycles. The number of carbonyl (C=O) groups excluding carboxylic acids is 1. The molecule has 0 aromatic carbocycles. The molecule has 3 fully saturated rings. The van der Waals surface area contributed by atoms with Crippen molar-refractivity contribution < 1.29 is 30.0 Å². The molecule has 4 nitrogen and oxygen atoms in total. The Balaban J connectivity index is 2.02. The van der Waals surface area contributed by atoms with Gasteiger partial charge in [0, 0.05) is 11.7 Å².